The zero-order valence-corrected chi connectivity index (χ0v) is 17.9. The van der Waals surface area contributed by atoms with Crippen LogP contribution in [0.25, 0.3) is 10.4 Å². The van der Waals surface area contributed by atoms with Gasteiger partial charge in [-0.2, -0.15) is 0 Å². The van der Waals surface area contributed by atoms with Gasteiger partial charge >= 0.3 is 6.09 Å². The van der Waals surface area contributed by atoms with Crippen LogP contribution in [0.3, 0.4) is 0 Å². The molecule has 0 radical (unpaired) electrons. The standard InChI is InChI=1S/C22H23FN4O3S/c1-29-22(28)27-8-9-30-14-16(13-27)10-15-6-7-24-20(11-15)26-21-25-12-19(31-21)17-2-4-18(23)5-3-17/h2-7,11-12,16H,8-10,13-14H2,1H3,(H,24,25,26). The number of ether oxygens (including phenoxy) is 2. The molecular formula is C22H23FN4O3S. The Morgan fingerprint density at radius 2 is 2.16 bits per heavy atom. The summed E-state index contributed by atoms with van der Waals surface area (Å²) in [5.41, 5.74) is 2.00. The Morgan fingerprint density at radius 3 is 2.97 bits per heavy atom. The predicted molar refractivity (Wildman–Crippen MR) is 117 cm³/mol. The van der Waals surface area contributed by atoms with Gasteiger partial charge in [0.1, 0.15) is 11.6 Å². The number of aromatic nitrogens is 2. The number of carbonyl (C=O) groups is 1. The normalized spacial score (nSPS) is 16.6. The van der Waals surface area contributed by atoms with E-state index in [2.05, 4.69) is 15.3 Å². The molecule has 31 heavy (non-hydrogen) atoms. The third-order valence-corrected chi connectivity index (χ3v) is 5.95. The van der Waals surface area contributed by atoms with Gasteiger partial charge in [0.2, 0.25) is 0 Å². The van der Waals surface area contributed by atoms with E-state index in [0.717, 1.165) is 22.4 Å². The second-order valence-electron chi connectivity index (χ2n) is 7.27. The first-order chi connectivity index (χ1) is 15.1. The van der Waals surface area contributed by atoms with Crippen LogP contribution in [-0.2, 0) is 15.9 Å². The quantitative estimate of drug-likeness (QED) is 0.633. The van der Waals surface area contributed by atoms with Crippen LogP contribution in [0.2, 0.25) is 0 Å². The van der Waals surface area contributed by atoms with Crippen molar-refractivity contribution in [3.63, 3.8) is 0 Å². The third-order valence-electron chi connectivity index (χ3n) is 4.99. The minimum Gasteiger partial charge on any atom is -0.453 e. The Hall–Kier alpha value is -3.04. The zero-order chi connectivity index (χ0) is 21.6. The zero-order valence-electron chi connectivity index (χ0n) is 17.1. The number of hydrogen-bond acceptors (Lipinski definition) is 7. The molecule has 0 saturated carbocycles. The van der Waals surface area contributed by atoms with Crippen molar-refractivity contribution >= 4 is 28.4 Å². The van der Waals surface area contributed by atoms with Crippen LogP contribution >= 0.6 is 11.3 Å². The summed E-state index contributed by atoms with van der Waals surface area (Å²) < 4.78 is 23.7. The number of amides is 1. The molecule has 3 heterocycles. The molecule has 0 spiro atoms. The highest BCUT2D eigenvalue weighted by Gasteiger charge is 2.23. The third kappa shape index (κ3) is 5.56. The molecule has 1 fully saturated rings. The number of carbonyl (C=O) groups excluding carboxylic acids is 1. The van der Waals surface area contributed by atoms with Gasteiger partial charge in [-0.25, -0.2) is 19.2 Å². The Bertz CT molecular complexity index is 1030. The van der Waals surface area contributed by atoms with E-state index in [0.29, 0.717) is 37.3 Å². The van der Waals surface area contributed by atoms with Crippen molar-refractivity contribution in [2.24, 2.45) is 5.92 Å². The molecule has 9 heteroatoms. The predicted octanol–water partition coefficient (Wildman–Crippen LogP) is 4.35. The van der Waals surface area contributed by atoms with E-state index in [1.807, 2.05) is 12.1 Å². The summed E-state index contributed by atoms with van der Waals surface area (Å²) in [5, 5.41) is 3.95. The van der Waals surface area contributed by atoms with E-state index >= 15 is 0 Å². The number of rotatable bonds is 5. The van der Waals surface area contributed by atoms with Crippen LogP contribution in [0, 0.1) is 11.7 Å². The van der Waals surface area contributed by atoms with Crippen LogP contribution in [0.15, 0.2) is 48.8 Å². The summed E-state index contributed by atoms with van der Waals surface area (Å²) >= 11 is 1.47. The maximum atomic E-state index is 13.1. The van der Waals surface area contributed by atoms with Crippen LogP contribution in [0.4, 0.5) is 20.1 Å². The lowest BCUT2D eigenvalue weighted by Crippen LogP contribution is -2.36. The summed E-state index contributed by atoms with van der Waals surface area (Å²) in [6, 6.07) is 10.3. The molecule has 4 rings (SSSR count). The van der Waals surface area contributed by atoms with Crippen molar-refractivity contribution in [1.82, 2.24) is 14.9 Å². The minimum absolute atomic E-state index is 0.168. The monoisotopic (exact) mass is 442 g/mol. The first-order valence-corrected chi connectivity index (χ1v) is 10.8. The van der Waals surface area contributed by atoms with Crippen molar-refractivity contribution in [3.05, 3.63) is 60.2 Å². The van der Waals surface area contributed by atoms with Crippen molar-refractivity contribution in [3.8, 4) is 10.4 Å². The summed E-state index contributed by atoms with van der Waals surface area (Å²) in [6.07, 6.45) is 3.94. The van der Waals surface area contributed by atoms with Gasteiger partial charge in [0.05, 0.1) is 25.2 Å². The van der Waals surface area contributed by atoms with Crippen LogP contribution in [0.5, 0.6) is 0 Å². The molecule has 1 atom stereocenters. The van der Waals surface area contributed by atoms with Gasteiger partial charge in [-0.3, -0.25) is 0 Å². The Morgan fingerprint density at radius 1 is 1.32 bits per heavy atom. The molecule has 1 amide bonds. The van der Waals surface area contributed by atoms with Gasteiger partial charge in [-0.1, -0.05) is 23.5 Å². The summed E-state index contributed by atoms with van der Waals surface area (Å²) in [7, 11) is 1.39. The summed E-state index contributed by atoms with van der Waals surface area (Å²) in [6.45, 7) is 2.22. The number of hydrogen-bond donors (Lipinski definition) is 1. The highest BCUT2D eigenvalue weighted by Crippen LogP contribution is 2.30. The van der Waals surface area contributed by atoms with E-state index in [1.165, 1.54) is 30.6 Å². The molecule has 1 aliphatic heterocycles. The molecule has 1 N–H and O–H groups in total. The van der Waals surface area contributed by atoms with Crippen molar-refractivity contribution in [2.75, 3.05) is 38.7 Å². The van der Waals surface area contributed by atoms with Gasteiger partial charge in [0.25, 0.3) is 0 Å². The number of pyridine rings is 1. The number of methoxy groups -OCH3 is 1. The lowest BCUT2D eigenvalue weighted by atomic mass is 10.0. The van der Waals surface area contributed by atoms with Crippen molar-refractivity contribution < 1.29 is 18.7 Å². The van der Waals surface area contributed by atoms with Crippen LogP contribution in [-0.4, -0.2) is 54.4 Å². The molecular weight excluding hydrogens is 419 g/mol. The van der Waals surface area contributed by atoms with E-state index in [1.54, 1.807) is 29.4 Å². The van der Waals surface area contributed by atoms with Crippen molar-refractivity contribution in [1.29, 1.82) is 0 Å². The van der Waals surface area contributed by atoms with Gasteiger partial charge in [0.15, 0.2) is 5.13 Å². The second kappa shape index (κ2) is 9.84. The fourth-order valence-corrected chi connectivity index (χ4v) is 4.32. The Kier molecular flexibility index (Phi) is 6.73. The fourth-order valence-electron chi connectivity index (χ4n) is 3.49. The largest absolute Gasteiger partial charge is 0.453 e. The second-order valence-corrected chi connectivity index (χ2v) is 8.30. The van der Waals surface area contributed by atoms with Gasteiger partial charge in [-0.15, -0.1) is 0 Å². The fraction of sp³-hybridized carbons (Fsp3) is 0.318. The molecule has 162 valence electrons. The van der Waals surface area contributed by atoms with E-state index in [9.17, 15) is 9.18 Å². The van der Waals surface area contributed by atoms with E-state index in [4.69, 9.17) is 9.47 Å². The minimum atomic E-state index is -0.326. The molecule has 1 unspecified atom stereocenters. The lowest BCUT2D eigenvalue weighted by Gasteiger charge is -2.22. The molecule has 3 aromatic rings. The Labute approximate surface area is 183 Å². The highest BCUT2D eigenvalue weighted by molar-refractivity contribution is 7.18. The van der Waals surface area contributed by atoms with Gasteiger partial charge in [0, 0.05) is 31.4 Å². The maximum absolute atomic E-state index is 13.1. The first-order valence-electron chi connectivity index (χ1n) is 9.95. The Balaban J connectivity index is 1.41. The smallest absolute Gasteiger partial charge is 0.409 e. The summed E-state index contributed by atoms with van der Waals surface area (Å²) in [5.74, 6) is 0.597. The molecule has 1 saturated heterocycles. The first kappa shape index (κ1) is 21.2. The average molecular weight is 443 g/mol. The maximum Gasteiger partial charge on any atom is 0.409 e. The topological polar surface area (TPSA) is 76.6 Å². The number of halogens is 1. The summed E-state index contributed by atoms with van der Waals surface area (Å²) in [4.78, 5) is 23.3. The van der Waals surface area contributed by atoms with E-state index in [-0.39, 0.29) is 17.8 Å². The van der Waals surface area contributed by atoms with Crippen molar-refractivity contribution in [2.45, 2.75) is 6.42 Å². The molecule has 0 aliphatic carbocycles. The number of anilines is 2. The molecule has 7 nitrogen and oxygen atoms in total. The number of benzene rings is 1. The highest BCUT2D eigenvalue weighted by atomic mass is 32.1. The van der Waals surface area contributed by atoms with Crippen LogP contribution < -0.4 is 5.32 Å². The number of nitrogens with one attached hydrogen (secondary N) is 1. The van der Waals surface area contributed by atoms with Crippen LogP contribution in [0.1, 0.15) is 5.56 Å². The molecule has 2 aromatic heterocycles. The average Bonchev–Trinajstić information content (AvgIpc) is 3.11. The van der Waals surface area contributed by atoms with Gasteiger partial charge in [-0.05, 0) is 41.8 Å². The molecule has 1 aromatic carbocycles. The lowest BCUT2D eigenvalue weighted by molar-refractivity contribution is 0.113. The van der Waals surface area contributed by atoms with E-state index < -0.39 is 0 Å². The SMILES string of the molecule is COC(=O)N1CCOCC(Cc2ccnc(Nc3ncc(-c4ccc(F)cc4)s3)c2)C1. The molecule has 1 aliphatic rings. The van der Waals surface area contributed by atoms with Gasteiger partial charge < -0.3 is 19.7 Å². The number of thiazole rings is 1. The molecule has 0 bridgehead atoms. The number of nitrogens with zero attached hydrogens (tertiary/aromatic N) is 3.